The molecule has 1 aromatic rings. The summed E-state index contributed by atoms with van der Waals surface area (Å²) in [6.07, 6.45) is 0. The number of ether oxygens (including phenoxy) is 1. The maximum Gasteiger partial charge on any atom is 0.122 e. The molecule has 1 rings (SSSR count). The molecule has 0 N–H and O–H groups in total. The van der Waals surface area contributed by atoms with E-state index >= 15 is 0 Å². The van der Waals surface area contributed by atoms with E-state index in [1.807, 2.05) is 6.92 Å². The smallest absolute Gasteiger partial charge is 0.122 e. The van der Waals surface area contributed by atoms with E-state index in [1.165, 1.54) is 22.3 Å². The van der Waals surface area contributed by atoms with Crippen LogP contribution in [0.4, 0.5) is 0 Å². The molecule has 0 fully saturated rings. The third-order valence-electron chi connectivity index (χ3n) is 2.73. The van der Waals surface area contributed by atoms with Crippen molar-refractivity contribution in [3.63, 3.8) is 0 Å². The molecule has 0 heterocycles. The molecule has 13 heavy (non-hydrogen) atoms. The first-order valence-corrected chi connectivity index (χ1v) is 4.78. The second-order valence-electron chi connectivity index (χ2n) is 3.50. The summed E-state index contributed by atoms with van der Waals surface area (Å²) in [5.41, 5.74) is 5.31. The summed E-state index contributed by atoms with van der Waals surface area (Å²) in [4.78, 5) is 0. The summed E-state index contributed by atoms with van der Waals surface area (Å²) in [7, 11) is 0. The lowest BCUT2D eigenvalue weighted by atomic mass is 9.99. The summed E-state index contributed by atoms with van der Waals surface area (Å²) in [5.74, 6) is 1.03. The van der Waals surface area contributed by atoms with Crippen molar-refractivity contribution in [3.05, 3.63) is 28.3 Å². The van der Waals surface area contributed by atoms with Gasteiger partial charge in [0, 0.05) is 0 Å². The molecule has 0 aliphatic rings. The lowest BCUT2D eigenvalue weighted by molar-refractivity contribution is 0.337. The van der Waals surface area contributed by atoms with Crippen molar-refractivity contribution in [1.29, 1.82) is 0 Å². The average Bonchev–Trinajstić information content (AvgIpc) is 2.11. The van der Waals surface area contributed by atoms with Crippen LogP contribution >= 0.6 is 0 Å². The van der Waals surface area contributed by atoms with Crippen LogP contribution in [0.3, 0.4) is 0 Å². The zero-order valence-corrected chi connectivity index (χ0v) is 9.19. The Morgan fingerprint density at radius 1 is 1.00 bits per heavy atom. The Kier molecular flexibility index (Phi) is 2.97. The molecule has 0 saturated carbocycles. The maximum atomic E-state index is 5.55. The molecule has 0 aromatic heterocycles. The summed E-state index contributed by atoms with van der Waals surface area (Å²) in [6, 6.07) is 2.13. The quantitative estimate of drug-likeness (QED) is 0.675. The van der Waals surface area contributed by atoms with Gasteiger partial charge in [0.1, 0.15) is 5.75 Å². The molecular weight excluding hydrogens is 160 g/mol. The van der Waals surface area contributed by atoms with Crippen molar-refractivity contribution in [1.82, 2.24) is 0 Å². The van der Waals surface area contributed by atoms with Gasteiger partial charge in [-0.3, -0.25) is 0 Å². The Bertz CT molecular complexity index is 313. The van der Waals surface area contributed by atoms with Gasteiger partial charge in [0.15, 0.2) is 0 Å². The molecule has 1 heteroatoms. The van der Waals surface area contributed by atoms with Crippen LogP contribution in [-0.2, 0) is 0 Å². The molecule has 0 bridgehead atoms. The number of hydrogen-bond acceptors (Lipinski definition) is 1. The molecule has 0 aliphatic carbocycles. The standard InChI is InChI=1S/C12H18O/c1-6-13-12-7-8(2)9(3)10(4)11(12)5/h7H,6H2,1-5H3. The molecule has 1 nitrogen and oxygen atoms in total. The summed E-state index contributed by atoms with van der Waals surface area (Å²) < 4.78 is 5.55. The SMILES string of the molecule is CCOc1cc(C)c(C)c(C)c1C. The molecule has 0 radical (unpaired) electrons. The molecule has 0 saturated heterocycles. The fourth-order valence-corrected chi connectivity index (χ4v) is 1.48. The topological polar surface area (TPSA) is 9.23 Å². The van der Waals surface area contributed by atoms with Crippen molar-refractivity contribution in [2.45, 2.75) is 34.6 Å². The predicted molar refractivity (Wildman–Crippen MR) is 56.6 cm³/mol. The van der Waals surface area contributed by atoms with Crippen LogP contribution in [0.15, 0.2) is 6.07 Å². The molecular formula is C12H18O. The molecule has 72 valence electrons. The third kappa shape index (κ3) is 1.85. The third-order valence-corrected chi connectivity index (χ3v) is 2.73. The zero-order chi connectivity index (χ0) is 10.0. The zero-order valence-electron chi connectivity index (χ0n) is 9.19. The Labute approximate surface area is 80.7 Å². The predicted octanol–water partition coefficient (Wildman–Crippen LogP) is 3.32. The minimum atomic E-state index is 0.739. The van der Waals surface area contributed by atoms with Gasteiger partial charge in [0.05, 0.1) is 6.61 Å². The van der Waals surface area contributed by atoms with Crippen LogP contribution in [0.25, 0.3) is 0 Å². The second-order valence-corrected chi connectivity index (χ2v) is 3.50. The lowest BCUT2D eigenvalue weighted by Crippen LogP contribution is -1.98. The number of rotatable bonds is 2. The normalized spacial score (nSPS) is 10.2. The monoisotopic (exact) mass is 178 g/mol. The van der Waals surface area contributed by atoms with Gasteiger partial charge in [-0.15, -0.1) is 0 Å². The van der Waals surface area contributed by atoms with E-state index in [1.54, 1.807) is 0 Å². The summed E-state index contributed by atoms with van der Waals surface area (Å²) >= 11 is 0. The van der Waals surface area contributed by atoms with E-state index in [-0.39, 0.29) is 0 Å². The minimum Gasteiger partial charge on any atom is -0.494 e. The van der Waals surface area contributed by atoms with Crippen LogP contribution in [0.1, 0.15) is 29.2 Å². The molecule has 0 spiro atoms. The average molecular weight is 178 g/mol. The van der Waals surface area contributed by atoms with Crippen molar-refractivity contribution in [2.75, 3.05) is 6.61 Å². The summed E-state index contributed by atoms with van der Waals surface area (Å²) in [5, 5.41) is 0. The molecule has 0 amide bonds. The van der Waals surface area contributed by atoms with Crippen molar-refractivity contribution in [3.8, 4) is 5.75 Å². The molecule has 0 atom stereocenters. The van der Waals surface area contributed by atoms with Gasteiger partial charge < -0.3 is 4.74 Å². The first kappa shape index (κ1) is 10.1. The van der Waals surface area contributed by atoms with Crippen LogP contribution in [-0.4, -0.2) is 6.61 Å². The number of aryl methyl sites for hydroxylation is 1. The van der Waals surface area contributed by atoms with Crippen molar-refractivity contribution in [2.24, 2.45) is 0 Å². The van der Waals surface area contributed by atoms with Gasteiger partial charge in [0.25, 0.3) is 0 Å². The Hall–Kier alpha value is -0.980. The highest BCUT2D eigenvalue weighted by atomic mass is 16.5. The van der Waals surface area contributed by atoms with Gasteiger partial charge in [-0.05, 0) is 62.9 Å². The minimum absolute atomic E-state index is 0.739. The van der Waals surface area contributed by atoms with Gasteiger partial charge >= 0.3 is 0 Å². The molecule has 0 aliphatic heterocycles. The van der Waals surface area contributed by atoms with E-state index in [4.69, 9.17) is 4.74 Å². The van der Waals surface area contributed by atoms with Crippen molar-refractivity contribution >= 4 is 0 Å². The van der Waals surface area contributed by atoms with E-state index in [9.17, 15) is 0 Å². The maximum absolute atomic E-state index is 5.55. The van der Waals surface area contributed by atoms with Gasteiger partial charge in [-0.25, -0.2) is 0 Å². The highest BCUT2D eigenvalue weighted by Crippen LogP contribution is 2.26. The first-order chi connectivity index (χ1) is 6.07. The number of benzene rings is 1. The van der Waals surface area contributed by atoms with Crippen LogP contribution in [0.5, 0.6) is 5.75 Å². The lowest BCUT2D eigenvalue weighted by Gasteiger charge is -2.13. The van der Waals surface area contributed by atoms with E-state index in [0.29, 0.717) is 0 Å². The van der Waals surface area contributed by atoms with Gasteiger partial charge in [-0.2, -0.15) is 0 Å². The number of hydrogen-bond donors (Lipinski definition) is 0. The largest absolute Gasteiger partial charge is 0.494 e. The van der Waals surface area contributed by atoms with E-state index < -0.39 is 0 Å². The Morgan fingerprint density at radius 3 is 2.15 bits per heavy atom. The first-order valence-electron chi connectivity index (χ1n) is 4.78. The highest BCUT2D eigenvalue weighted by molar-refractivity contribution is 5.47. The Morgan fingerprint density at radius 2 is 1.62 bits per heavy atom. The second kappa shape index (κ2) is 3.82. The molecule has 0 unspecified atom stereocenters. The molecule has 1 aromatic carbocycles. The van der Waals surface area contributed by atoms with Gasteiger partial charge in [0.2, 0.25) is 0 Å². The van der Waals surface area contributed by atoms with Crippen LogP contribution in [0.2, 0.25) is 0 Å². The fraction of sp³-hybridized carbons (Fsp3) is 0.500. The van der Waals surface area contributed by atoms with E-state index in [0.717, 1.165) is 12.4 Å². The van der Waals surface area contributed by atoms with Crippen LogP contribution in [0, 0.1) is 27.7 Å². The Balaban J connectivity index is 3.24. The van der Waals surface area contributed by atoms with Gasteiger partial charge in [-0.1, -0.05) is 0 Å². The van der Waals surface area contributed by atoms with Crippen molar-refractivity contribution < 1.29 is 4.74 Å². The van der Waals surface area contributed by atoms with Crippen LogP contribution < -0.4 is 4.74 Å². The highest BCUT2D eigenvalue weighted by Gasteiger charge is 2.06. The fourth-order valence-electron chi connectivity index (χ4n) is 1.48. The van der Waals surface area contributed by atoms with E-state index in [2.05, 4.69) is 33.8 Å². The summed E-state index contributed by atoms with van der Waals surface area (Å²) in [6.45, 7) is 11.3.